The van der Waals surface area contributed by atoms with E-state index in [1.165, 1.54) is 24.3 Å². The van der Waals surface area contributed by atoms with Crippen molar-refractivity contribution in [1.29, 1.82) is 0 Å². The normalized spacial score (nSPS) is 13.4. The van der Waals surface area contributed by atoms with Gasteiger partial charge < -0.3 is 13.9 Å². The van der Waals surface area contributed by atoms with E-state index in [9.17, 15) is 25.3 Å². The zero-order chi connectivity index (χ0) is 52.1. The summed E-state index contributed by atoms with van der Waals surface area (Å²) in [6, 6.07) is 29.1. The fourth-order valence-electron chi connectivity index (χ4n) is 7.93. The summed E-state index contributed by atoms with van der Waals surface area (Å²) in [5.41, 5.74) is 6.18. The molecule has 5 aromatic carbocycles. The quantitative estimate of drug-likeness (QED) is 0.0514. The highest BCUT2D eigenvalue weighted by atomic mass is 32.3. The molecule has 0 amide bonds. The maximum Gasteiger partial charge on any atom is 0.450 e. The Hall–Kier alpha value is -6.48. The van der Waals surface area contributed by atoms with Gasteiger partial charge in [0.05, 0.1) is 15.9 Å². The molecular weight excluding hydrogens is 993 g/mol. The molecule has 5 aromatic rings. The molecule has 0 radical (unpaired) electrons. The van der Waals surface area contributed by atoms with Crippen molar-refractivity contribution in [2.45, 2.75) is 81.1 Å². The number of fused-ring (bicyclic) bond motifs is 2. The highest BCUT2D eigenvalue weighted by Gasteiger charge is 2.83. The second-order valence-electron chi connectivity index (χ2n) is 17.2. The number of para-hydroxylation sites is 2. The minimum atomic E-state index is -7.50. The van der Waals surface area contributed by atoms with Crippen LogP contribution in [0.15, 0.2) is 142 Å². The number of hydrogen-bond acceptors (Lipinski definition) is 10. The largest absolute Gasteiger partial charge is 0.456 e. The number of nitrogens with one attached hydrogen (secondary N) is 2. The van der Waals surface area contributed by atoms with Crippen molar-refractivity contribution in [3.63, 3.8) is 0 Å². The van der Waals surface area contributed by atoms with Crippen molar-refractivity contribution in [3.8, 4) is 28.2 Å². The third-order valence-corrected chi connectivity index (χ3v) is 16.6. The van der Waals surface area contributed by atoms with E-state index in [1.54, 1.807) is 30.3 Å². The van der Waals surface area contributed by atoms with Crippen LogP contribution in [0.2, 0.25) is 0 Å². The van der Waals surface area contributed by atoms with E-state index in [-0.39, 0.29) is 50.8 Å². The van der Waals surface area contributed by atoms with Gasteiger partial charge in [0.25, 0.3) is 20.0 Å². The SMILES string of the molecule is C=Cc1ccc(OS(=O)(=O)C(F)(F)C(F)(F)C(F)(F)S(=O)(=O)NS(=O)(=O)c2ccccc2-c2c3cc/c(=N/c4c(C)cccc4CC)cc-3oc3cc(Nc4c(C(C)C)cccc4C(C)C)ccc23)cc1. The van der Waals surface area contributed by atoms with Gasteiger partial charge in [-0.05, 0) is 95.5 Å². The van der Waals surface area contributed by atoms with E-state index in [0.29, 0.717) is 39.4 Å². The number of nitrogens with zero attached hydrogens (tertiary/aromatic N) is 1. The van der Waals surface area contributed by atoms with Crippen molar-refractivity contribution < 1.29 is 60.2 Å². The second kappa shape index (κ2) is 19.3. The Labute approximate surface area is 407 Å². The van der Waals surface area contributed by atoms with Gasteiger partial charge in [0.1, 0.15) is 17.1 Å². The van der Waals surface area contributed by atoms with Gasteiger partial charge in [-0.2, -0.15) is 34.8 Å². The molecular formula is C51H47F6N3O8S3. The first-order valence-corrected chi connectivity index (χ1v) is 26.3. The number of anilines is 2. The average Bonchev–Trinajstić information content (AvgIpc) is 3.30. The Morgan fingerprint density at radius 2 is 1.37 bits per heavy atom. The molecule has 0 saturated heterocycles. The molecule has 1 heterocycles. The molecule has 0 spiro atoms. The van der Waals surface area contributed by atoms with Crippen LogP contribution in [-0.4, -0.2) is 41.7 Å². The number of benzene rings is 6. The van der Waals surface area contributed by atoms with Crippen LogP contribution < -0.4 is 19.0 Å². The van der Waals surface area contributed by atoms with Crippen LogP contribution in [0.25, 0.3) is 39.5 Å². The lowest BCUT2D eigenvalue weighted by Crippen LogP contribution is -2.63. The topological polar surface area (TPSA) is 161 Å². The van der Waals surface area contributed by atoms with Gasteiger partial charge in [0.15, 0.2) is 0 Å². The van der Waals surface area contributed by atoms with E-state index < -0.39 is 57.2 Å². The third-order valence-electron chi connectivity index (χ3n) is 11.7. The van der Waals surface area contributed by atoms with Crippen molar-refractivity contribution in [3.05, 3.63) is 161 Å². The highest BCUT2D eigenvalue weighted by Crippen LogP contribution is 2.52. The molecule has 2 N–H and O–H groups in total. The Morgan fingerprint density at radius 3 is 1.99 bits per heavy atom. The summed E-state index contributed by atoms with van der Waals surface area (Å²) in [6.07, 6.45) is 1.89. The minimum Gasteiger partial charge on any atom is -0.456 e. The zero-order valence-electron chi connectivity index (χ0n) is 38.9. The van der Waals surface area contributed by atoms with E-state index in [0.717, 1.165) is 52.2 Å². The summed E-state index contributed by atoms with van der Waals surface area (Å²) in [4.78, 5) is 3.80. The van der Waals surface area contributed by atoms with Crippen molar-refractivity contribution in [1.82, 2.24) is 4.13 Å². The van der Waals surface area contributed by atoms with Gasteiger partial charge in [-0.15, -0.1) is 0 Å². The Bertz CT molecular complexity index is 3560. The first-order chi connectivity index (χ1) is 33.2. The van der Waals surface area contributed by atoms with Crippen LogP contribution in [0.1, 0.15) is 74.3 Å². The number of aryl methyl sites for hydroxylation is 2. The van der Waals surface area contributed by atoms with Crippen LogP contribution >= 0.6 is 0 Å². The fraction of sp³-hybridized carbons (Fsp3) is 0.235. The van der Waals surface area contributed by atoms with Gasteiger partial charge in [-0.3, -0.25) is 0 Å². The van der Waals surface area contributed by atoms with Crippen LogP contribution in [0.4, 0.5) is 43.4 Å². The standard InChI is InChI=1S/C51H47F6N3O8S3/c1-8-33-20-24-37(25-21-33)68-71(65,66)51(56,57)49(52,53)50(54,55)70(63,64)60-69(61,62)45-19-11-10-16-42(45)46-40-26-22-35(58-47-32(7)14-12-15-34(47)9-2)28-43(40)67-44-29-36(23-27-41(44)46)59-48-38(30(3)4)17-13-18-39(48)31(5)6/h8,10-31,59-60H,1,9H2,2-7H3/b58-35-. The molecule has 0 unspecified atom stereocenters. The summed E-state index contributed by atoms with van der Waals surface area (Å²) >= 11 is 0. The number of alkyl halides is 6. The maximum atomic E-state index is 15.6. The predicted molar refractivity (Wildman–Crippen MR) is 262 cm³/mol. The van der Waals surface area contributed by atoms with Gasteiger partial charge in [-0.25, -0.2) is 21.8 Å². The smallest absolute Gasteiger partial charge is 0.450 e. The summed E-state index contributed by atoms with van der Waals surface area (Å²) in [6.45, 7) is 15.4. The molecule has 71 heavy (non-hydrogen) atoms. The fourth-order valence-corrected chi connectivity index (χ4v) is 12.0. The van der Waals surface area contributed by atoms with Gasteiger partial charge >= 0.3 is 26.5 Å². The Kier molecular flexibility index (Phi) is 14.2. The molecule has 7 rings (SSSR count). The summed E-state index contributed by atoms with van der Waals surface area (Å²) < 4.78 is 183. The van der Waals surface area contributed by atoms with Crippen molar-refractivity contribution >= 4 is 64.3 Å². The van der Waals surface area contributed by atoms with Crippen LogP contribution in [0.3, 0.4) is 0 Å². The molecule has 2 aliphatic rings. The molecule has 0 atom stereocenters. The summed E-state index contributed by atoms with van der Waals surface area (Å²) in [7, 11) is -20.6. The van der Waals surface area contributed by atoms with E-state index in [2.05, 4.69) is 16.1 Å². The first-order valence-electron chi connectivity index (χ1n) is 21.9. The Morgan fingerprint density at radius 1 is 0.732 bits per heavy atom. The monoisotopic (exact) mass is 1040 g/mol. The summed E-state index contributed by atoms with van der Waals surface area (Å²) in [5.74, 6) is -8.07. The molecule has 0 bridgehead atoms. The van der Waals surface area contributed by atoms with E-state index >= 15 is 26.3 Å². The zero-order valence-corrected chi connectivity index (χ0v) is 41.3. The molecule has 1 aliphatic carbocycles. The van der Waals surface area contributed by atoms with Crippen LogP contribution in [-0.2, 0) is 36.6 Å². The highest BCUT2D eigenvalue weighted by molar-refractivity contribution is 8.05. The lowest BCUT2D eigenvalue weighted by molar-refractivity contribution is -0.245. The predicted octanol–water partition coefficient (Wildman–Crippen LogP) is 12.8. The van der Waals surface area contributed by atoms with Gasteiger partial charge in [-0.1, -0.05) is 118 Å². The molecule has 0 saturated carbocycles. The number of halogens is 6. The number of hydrogen-bond donors (Lipinski definition) is 2. The van der Waals surface area contributed by atoms with Gasteiger partial charge in [0, 0.05) is 45.6 Å². The molecule has 374 valence electrons. The third kappa shape index (κ3) is 9.69. The second-order valence-corrected chi connectivity index (χ2v) is 22.4. The van der Waals surface area contributed by atoms with Crippen LogP contribution in [0, 0.1) is 6.92 Å². The average molecular weight is 1040 g/mol. The summed E-state index contributed by atoms with van der Waals surface area (Å²) in [5, 5.41) is -10.0. The lowest BCUT2D eigenvalue weighted by Gasteiger charge is -2.31. The van der Waals surface area contributed by atoms with E-state index in [1.807, 2.05) is 77.9 Å². The van der Waals surface area contributed by atoms with Crippen LogP contribution in [0.5, 0.6) is 5.75 Å². The van der Waals surface area contributed by atoms with E-state index in [4.69, 9.17) is 9.41 Å². The lowest BCUT2D eigenvalue weighted by atomic mass is 9.92. The van der Waals surface area contributed by atoms with Gasteiger partial charge in [0.2, 0.25) is 0 Å². The van der Waals surface area contributed by atoms with Crippen molar-refractivity contribution in [2.75, 3.05) is 5.32 Å². The van der Waals surface area contributed by atoms with Crippen molar-refractivity contribution in [2.24, 2.45) is 4.99 Å². The molecule has 20 heteroatoms. The minimum absolute atomic E-state index is 0.0290. The molecule has 11 nitrogen and oxygen atoms in total. The Balaban J connectivity index is 1.37. The number of sulfonamides is 2. The molecule has 0 fully saturated rings. The molecule has 0 aromatic heterocycles. The maximum absolute atomic E-state index is 15.6. The number of rotatable bonds is 17. The first kappa shape index (κ1) is 52.3. The molecule has 1 aliphatic heterocycles.